The monoisotopic (exact) mass is 322 g/mol. The number of rotatable bonds is 6. The summed E-state index contributed by atoms with van der Waals surface area (Å²) in [7, 11) is 0. The summed E-state index contributed by atoms with van der Waals surface area (Å²) < 4.78 is 11.4. The lowest BCUT2D eigenvalue weighted by Gasteiger charge is -2.09. The lowest BCUT2D eigenvalue weighted by atomic mass is 10.1. The highest BCUT2D eigenvalue weighted by molar-refractivity contribution is 5.80. The van der Waals surface area contributed by atoms with Crippen LogP contribution in [0.1, 0.15) is 31.9 Å². The number of hydrogen-bond donors (Lipinski definition) is 1. The van der Waals surface area contributed by atoms with Crippen LogP contribution >= 0.6 is 0 Å². The molecule has 2 aromatic carbocycles. The van der Waals surface area contributed by atoms with Crippen molar-refractivity contribution in [1.29, 1.82) is 0 Å². The number of hydrogen-bond acceptors (Lipinski definition) is 4. The molecule has 1 aromatic heterocycles. The second-order valence-electron chi connectivity index (χ2n) is 5.81. The Morgan fingerprint density at radius 3 is 2.46 bits per heavy atom. The molecule has 1 unspecified atom stereocenters. The van der Waals surface area contributed by atoms with E-state index in [1.54, 1.807) is 0 Å². The van der Waals surface area contributed by atoms with Crippen LogP contribution in [0.15, 0.2) is 54.6 Å². The second-order valence-corrected chi connectivity index (χ2v) is 5.81. The summed E-state index contributed by atoms with van der Waals surface area (Å²) >= 11 is 0. The number of benzene rings is 2. The standard InChI is InChI=1S/C20H22N2O2/c1-3-12-23-17-6-8-18(9-7-17)24-20-11-5-16-13-15(14(2)21)4-10-19(16)22-20/h4-11,13-14H,3,12,21H2,1-2H3. The van der Waals surface area contributed by atoms with Crippen molar-refractivity contribution in [1.82, 2.24) is 4.98 Å². The first-order chi connectivity index (χ1) is 11.7. The number of ether oxygens (including phenoxy) is 2. The van der Waals surface area contributed by atoms with Crippen LogP contribution in [0.5, 0.6) is 17.4 Å². The molecule has 0 amide bonds. The number of fused-ring (bicyclic) bond motifs is 1. The number of aromatic nitrogens is 1. The minimum absolute atomic E-state index is 0.0127. The van der Waals surface area contributed by atoms with Crippen molar-refractivity contribution in [2.45, 2.75) is 26.3 Å². The van der Waals surface area contributed by atoms with E-state index in [9.17, 15) is 0 Å². The Balaban J connectivity index is 1.76. The Morgan fingerprint density at radius 2 is 1.75 bits per heavy atom. The van der Waals surface area contributed by atoms with Gasteiger partial charge >= 0.3 is 0 Å². The van der Waals surface area contributed by atoms with Crippen molar-refractivity contribution < 1.29 is 9.47 Å². The zero-order valence-electron chi connectivity index (χ0n) is 14.0. The zero-order valence-corrected chi connectivity index (χ0v) is 14.0. The molecular weight excluding hydrogens is 300 g/mol. The van der Waals surface area contributed by atoms with Crippen molar-refractivity contribution >= 4 is 10.9 Å². The molecule has 4 nitrogen and oxygen atoms in total. The molecule has 3 aromatic rings. The predicted molar refractivity (Wildman–Crippen MR) is 96.6 cm³/mol. The smallest absolute Gasteiger partial charge is 0.219 e. The molecule has 4 heteroatoms. The average molecular weight is 322 g/mol. The van der Waals surface area contributed by atoms with Crippen molar-refractivity contribution in [3.05, 3.63) is 60.2 Å². The summed E-state index contributed by atoms with van der Waals surface area (Å²) in [6.07, 6.45) is 0.990. The third-order valence-electron chi connectivity index (χ3n) is 3.73. The highest BCUT2D eigenvalue weighted by Crippen LogP contribution is 2.25. The number of pyridine rings is 1. The van der Waals surface area contributed by atoms with Gasteiger partial charge in [-0.1, -0.05) is 13.0 Å². The highest BCUT2D eigenvalue weighted by Gasteiger charge is 2.05. The average Bonchev–Trinajstić information content (AvgIpc) is 2.60. The van der Waals surface area contributed by atoms with E-state index >= 15 is 0 Å². The lowest BCUT2D eigenvalue weighted by molar-refractivity contribution is 0.317. The number of nitrogens with two attached hydrogens (primary N) is 1. The van der Waals surface area contributed by atoms with Gasteiger partial charge in [0.15, 0.2) is 0 Å². The molecule has 1 heterocycles. The molecule has 0 spiro atoms. The molecule has 124 valence electrons. The van der Waals surface area contributed by atoms with Gasteiger partial charge in [0.2, 0.25) is 5.88 Å². The Hall–Kier alpha value is -2.59. The minimum Gasteiger partial charge on any atom is -0.494 e. The predicted octanol–water partition coefficient (Wildman–Crippen LogP) is 4.84. The second kappa shape index (κ2) is 7.32. The highest BCUT2D eigenvalue weighted by atomic mass is 16.5. The largest absolute Gasteiger partial charge is 0.494 e. The van der Waals surface area contributed by atoms with Crippen LogP contribution in [-0.4, -0.2) is 11.6 Å². The molecular formula is C20H22N2O2. The van der Waals surface area contributed by atoms with Gasteiger partial charge in [0.25, 0.3) is 0 Å². The maximum atomic E-state index is 5.92. The van der Waals surface area contributed by atoms with Crippen LogP contribution in [0.25, 0.3) is 10.9 Å². The Bertz CT molecular complexity index is 813. The molecule has 0 saturated carbocycles. The fraction of sp³-hybridized carbons (Fsp3) is 0.250. The van der Waals surface area contributed by atoms with Crippen LogP contribution in [0, 0.1) is 0 Å². The normalized spacial score (nSPS) is 12.1. The first-order valence-electron chi connectivity index (χ1n) is 8.22. The molecule has 0 bridgehead atoms. The SMILES string of the molecule is CCCOc1ccc(Oc2ccc3cc(C(C)N)ccc3n2)cc1. The van der Waals surface area contributed by atoms with E-state index in [1.165, 1.54) is 0 Å². The van der Waals surface area contributed by atoms with Gasteiger partial charge in [-0.25, -0.2) is 4.98 Å². The number of nitrogens with zero attached hydrogens (tertiary/aromatic N) is 1. The molecule has 0 aliphatic heterocycles. The lowest BCUT2D eigenvalue weighted by Crippen LogP contribution is -2.04. The third-order valence-corrected chi connectivity index (χ3v) is 3.73. The Kier molecular flexibility index (Phi) is 4.96. The molecule has 2 N–H and O–H groups in total. The topological polar surface area (TPSA) is 57.4 Å². The van der Waals surface area contributed by atoms with Gasteiger partial charge in [0, 0.05) is 17.5 Å². The fourth-order valence-electron chi connectivity index (χ4n) is 2.41. The van der Waals surface area contributed by atoms with Gasteiger partial charge in [-0.05, 0) is 61.4 Å². The van der Waals surface area contributed by atoms with Crippen LogP contribution < -0.4 is 15.2 Å². The van der Waals surface area contributed by atoms with Gasteiger partial charge in [-0.2, -0.15) is 0 Å². The molecule has 0 fully saturated rings. The minimum atomic E-state index is 0.0127. The van der Waals surface area contributed by atoms with Crippen LogP contribution in [-0.2, 0) is 0 Å². The fourth-order valence-corrected chi connectivity index (χ4v) is 2.41. The molecule has 0 aliphatic carbocycles. The van der Waals surface area contributed by atoms with Gasteiger partial charge in [-0.15, -0.1) is 0 Å². The van der Waals surface area contributed by atoms with Crippen molar-refractivity contribution in [2.75, 3.05) is 6.61 Å². The molecule has 0 aliphatic rings. The van der Waals surface area contributed by atoms with Gasteiger partial charge < -0.3 is 15.2 Å². The summed E-state index contributed by atoms with van der Waals surface area (Å²) in [5.74, 6) is 2.15. The zero-order chi connectivity index (χ0) is 16.9. The Morgan fingerprint density at radius 1 is 1.00 bits per heavy atom. The Labute approximate surface area is 142 Å². The van der Waals surface area contributed by atoms with E-state index in [0.29, 0.717) is 5.88 Å². The molecule has 1 atom stereocenters. The third kappa shape index (κ3) is 3.84. The summed E-state index contributed by atoms with van der Waals surface area (Å²) in [6, 6.07) is 17.5. The van der Waals surface area contributed by atoms with Crippen LogP contribution in [0.4, 0.5) is 0 Å². The molecule has 0 radical (unpaired) electrons. The first-order valence-corrected chi connectivity index (χ1v) is 8.22. The molecule has 0 saturated heterocycles. The summed E-state index contributed by atoms with van der Waals surface area (Å²) in [5.41, 5.74) is 7.91. The van der Waals surface area contributed by atoms with Crippen molar-refractivity contribution in [3.8, 4) is 17.4 Å². The maximum absolute atomic E-state index is 5.92. The summed E-state index contributed by atoms with van der Waals surface area (Å²) in [5, 5.41) is 1.06. The van der Waals surface area contributed by atoms with Crippen LogP contribution in [0.2, 0.25) is 0 Å². The van der Waals surface area contributed by atoms with E-state index in [0.717, 1.165) is 41.0 Å². The van der Waals surface area contributed by atoms with E-state index in [1.807, 2.05) is 55.5 Å². The van der Waals surface area contributed by atoms with Gasteiger partial charge in [0.05, 0.1) is 12.1 Å². The first kappa shape index (κ1) is 16.3. The van der Waals surface area contributed by atoms with E-state index in [2.05, 4.69) is 18.0 Å². The summed E-state index contributed by atoms with van der Waals surface area (Å²) in [4.78, 5) is 4.55. The summed E-state index contributed by atoms with van der Waals surface area (Å²) in [6.45, 7) is 4.77. The van der Waals surface area contributed by atoms with E-state index in [-0.39, 0.29) is 6.04 Å². The van der Waals surface area contributed by atoms with Crippen molar-refractivity contribution in [3.63, 3.8) is 0 Å². The van der Waals surface area contributed by atoms with Gasteiger partial charge in [0.1, 0.15) is 11.5 Å². The molecule has 24 heavy (non-hydrogen) atoms. The van der Waals surface area contributed by atoms with E-state index in [4.69, 9.17) is 15.2 Å². The molecule has 3 rings (SSSR count). The van der Waals surface area contributed by atoms with E-state index < -0.39 is 0 Å². The van der Waals surface area contributed by atoms with Crippen LogP contribution in [0.3, 0.4) is 0 Å². The maximum Gasteiger partial charge on any atom is 0.219 e. The quantitative estimate of drug-likeness (QED) is 0.706. The van der Waals surface area contributed by atoms with Crippen molar-refractivity contribution in [2.24, 2.45) is 5.73 Å². The van der Waals surface area contributed by atoms with Gasteiger partial charge in [-0.3, -0.25) is 0 Å².